The lowest BCUT2D eigenvalue weighted by Crippen LogP contribution is -2.70. The molecule has 2 aromatic rings. The molecule has 0 aromatic heterocycles. The Morgan fingerprint density at radius 3 is 1.45 bits per heavy atom. The van der Waals surface area contributed by atoms with Crippen molar-refractivity contribution >= 4 is 11.9 Å². The summed E-state index contributed by atoms with van der Waals surface area (Å²) in [4.78, 5) is 24.6. The highest BCUT2D eigenvalue weighted by Gasteiger charge is 2.89. The maximum absolute atomic E-state index is 14.3. The van der Waals surface area contributed by atoms with E-state index in [4.69, 9.17) is 18.6 Å². The van der Waals surface area contributed by atoms with E-state index < -0.39 is 84.9 Å². The van der Waals surface area contributed by atoms with Crippen LogP contribution in [0.5, 0.6) is 5.75 Å². The Bertz CT molecular complexity index is 1490. The number of hydrogen-bond acceptors (Lipinski definition) is 5. The van der Waals surface area contributed by atoms with Crippen LogP contribution in [0.15, 0.2) is 54.6 Å². The second-order valence-electron chi connectivity index (χ2n) is 12.2. The van der Waals surface area contributed by atoms with Gasteiger partial charge in [-0.1, -0.05) is 56.3 Å². The predicted octanol–water partition coefficient (Wildman–Crippen LogP) is 11.5. The maximum Gasteiger partial charge on any atom is 0.397 e. The third kappa shape index (κ3) is 11.8. The number of ether oxygens (including phenoxy) is 3. The molecule has 0 bridgehead atoms. The number of esters is 2. The second-order valence-corrected chi connectivity index (χ2v) is 12.2. The summed E-state index contributed by atoms with van der Waals surface area (Å²) in [6, 6.07) is 17.2. The standard InChI is InChI=1S/C34H35F15O5.F2/c1-20(26(50)53-18-9-4-3-8-17-52-24-14-12-23(13-15-24)22-10-6-5-7-11-22)21(2)27(51)54-19-16-25(31(41,42)43)29(37,38)32(44,45)34(48,49)33(46,47)30(39,40)28(35)36;1-2/h5-7,10-15,20-21,25,28H,3-4,8-9,16-19H2,1-2H3;. The number of carbonyl (C=O) groups is 2. The highest BCUT2D eigenvalue weighted by Crippen LogP contribution is 2.61. The van der Waals surface area contributed by atoms with Crippen LogP contribution >= 0.6 is 0 Å². The molecule has 2 rings (SSSR count). The van der Waals surface area contributed by atoms with Crippen molar-refractivity contribution in [2.45, 2.75) is 88.2 Å². The molecule has 0 spiro atoms. The molecule has 0 aliphatic rings. The van der Waals surface area contributed by atoms with Crippen LogP contribution in [0.25, 0.3) is 11.1 Å². The normalized spacial score (nSPS) is 14.6. The van der Waals surface area contributed by atoms with Gasteiger partial charge in [0.25, 0.3) is 0 Å². The molecular weight excluding hydrogens is 811 g/mol. The van der Waals surface area contributed by atoms with Crippen molar-refractivity contribution in [3.8, 4) is 16.9 Å². The predicted molar refractivity (Wildman–Crippen MR) is 163 cm³/mol. The largest absolute Gasteiger partial charge is 0.494 e. The minimum absolute atomic E-state index is 0.129. The van der Waals surface area contributed by atoms with E-state index >= 15 is 0 Å². The lowest BCUT2D eigenvalue weighted by atomic mass is 9.85. The smallest absolute Gasteiger partial charge is 0.397 e. The van der Waals surface area contributed by atoms with Crippen LogP contribution < -0.4 is 4.74 Å². The number of halogens is 17. The van der Waals surface area contributed by atoms with Gasteiger partial charge in [0.15, 0.2) is 0 Å². The number of rotatable bonds is 21. The molecule has 0 amide bonds. The quantitative estimate of drug-likeness (QED) is 0.0711. The molecule has 0 aliphatic carbocycles. The van der Waals surface area contributed by atoms with Crippen LogP contribution in [0.2, 0.25) is 0 Å². The third-order valence-corrected chi connectivity index (χ3v) is 8.39. The van der Waals surface area contributed by atoms with Gasteiger partial charge < -0.3 is 14.2 Å². The number of hydrogen-bond donors (Lipinski definition) is 0. The van der Waals surface area contributed by atoms with E-state index in [1.165, 1.54) is 0 Å². The molecule has 0 saturated carbocycles. The number of unbranched alkanes of at least 4 members (excludes halogenated alkanes) is 3. The van der Waals surface area contributed by atoms with Crippen LogP contribution in [0, 0.1) is 17.8 Å². The lowest BCUT2D eigenvalue weighted by Gasteiger charge is -2.41. The zero-order chi connectivity index (χ0) is 43.3. The van der Waals surface area contributed by atoms with Crippen LogP contribution in [0.4, 0.5) is 75.0 Å². The van der Waals surface area contributed by atoms with Gasteiger partial charge in [0, 0.05) is 9.15 Å². The Hall–Kier alpha value is -4.01. The molecule has 320 valence electrons. The van der Waals surface area contributed by atoms with E-state index in [1.54, 1.807) is 0 Å². The summed E-state index contributed by atoms with van der Waals surface area (Å²) in [6.07, 6.45) is -12.7. The monoisotopic (exact) mass is 846 g/mol. The average Bonchev–Trinajstić information content (AvgIpc) is 3.13. The van der Waals surface area contributed by atoms with Crippen molar-refractivity contribution in [1.82, 2.24) is 0 Å². The van der Waals surface area contributed by atoms with Gasteiger partial charge >= 0.3 is 54.2 Å². The van der Waals surface area contributed by atoms with Crippen molar-refractivity contribution < 1.29 is 98.8 Å². The first-order chi connectivity index (χ1) is 25.7. The summed E-state index contributed by atoms with van der Waals surface area (Å²) >= 11 is 0. The summed E-state index contributed by atoms with van der Waals surface area (Å²) in [5.41, 5.74) is 2.06. The zero-order valence-corrected chi connectivity index (χ0v) is 29.1. The van der Waals surface area contributed by atoms with E-state index in [1.807, 2.05) is 54.6 Å². The maximum atomic E-state index is 14.3. The minimum Gasteiger partial charge on any atom is -0.494 e. The van der Waals surface area contributed by atoms with E-state index in [0.29, 0.717) is 38.0 Å². The van der Waals surface area contributed by atoms with E-state index in [-0.39, 0.29) is 6.61 Å². The molecule has 0 aliphatic heterocycles. The Kier molecular flexibility index (Phi) is 18.2. The van der Waals surface area contributed by atoms with Crippen LogP contribution in [-0.4, -0.2) is 74.0 Å². The van der Waals surface area contributed by atoms with Crippen molar-refractivity contribution in [3.05, 3.63) is 54.6 Å². The van der Waals surface area contributed by atoms with Gasteiger partial charge in [-0.25, -0.2) is 8.78 Å². The topological polar surface area (TPSA) is 61.8 Å². The molecule has 0 N–H and O–H groups in total. The Morgan fingerprint density at radius 2 is 0.982 bits per heavy atom. The van der Waals surface area contributed by atoms with Gasteiger partial charge in [0.2, 0.25) is 0 Å². The Balaban J connectivity index is 0.00000771. The SMILES string of the molecule is CC(C(=O)OCCCCCCOc1ccc(-c2ccccc2)cc1)C(C)C(=O)OCCC(C(F)(F)F)C(F)(F)C(F)(F)C(F)(F)C(F)(F)C(F)(F)C(F)F.FF. The Morgan fingerprint density at radius 1 is 0.554 bits per heavy atom. The van der Waals surface area contributed by atoms with E-state index in [9.17, 15) is 75.4 Å². The molecule has 56 heavy (non-hydrogen) atoms. The van der Waals surface area contributed by atoms with Crippen LogP contribution in [0.1, 0.15) is 46.0 Å². The van der Waals surface area contributed by atoms with Gasteiger partial charge in [0.05, 0.1) is 31.7 Å². The van der Waals surface area contributed by atoms with Crippen LogP contribution in [-0.2, 0) is 19.1 Å². The number of carbonyl (C=O) groups excluding carboxylic acids is 2. The molecule has 22 heteroatoms. The fourth-order valence-electron chi connectivity index (χ4n) is 4.77. The zero-order valence-electron chi connectivity index (χ0n) is 29.1. The second kappa shape index (κ2) is 20.4. The molecule has 0 radical (unpaired) electrons. The lowest BCUT2D eigenvalue weighted by molar-refractivity contribution is -0.427. The Labute approximate surface area is 308 Å². The summed E-state index contributed by atoms with van der Waals surface area (Å²) in [7, 11) is 0. The van der Waals surface area contributed by atoms with Crippen molar-refractivity contribution in [2.75, 3.05) is 19.8 Å². The van der Waals surface area contributed by atoms with E-state index in [0.717, 1.165) is 25.0 Å². The summed E-state index contributed by atoms with van der Waals surface area (Å²) in [5.74, 6) is -48.8. The van der Waals surface area contributed by atoms with Crippen molar-refractivity contribution in [3.63, 3.8) is 0 Å². The first kappa shape index (κ1) is 50.0. The fourth-order valence-corrected chi connectivity index (χ4v) is 4.77. The first-order valence-corrected chi connectivity index (χ1v) is 16.2. The number of alkyl halides is 15. The molecular formula is C34H35F17O5. The summed E-state index contributed by atoms with van der Waals surface area (Å²) < 4.78 is 233. The minimum atomic E-state index is -8.17. The van der Waals surface area contributed by atoms with Gasteiger partial charge in [-0.05, 0) is 55.4 Å². The summed E-state index contributed by atoms with van der Waals surface area (Å²) in [6.45, 7) is 0.435. The third-order valence-electron chi connectivity index (χ3n) is 8.39. The highest BCUT2D eigenvalue weighted by molar-refractivity contribution is 5.81. The molecule has 0 heterocycles. The van der Waals surface area contributed by atoms with Gasteiger partial charge in [-0.15, -0.1) is 0 Å². The molecule has 0 saturated heterocycles. The number of benzene rings is 2. The summed E-state index contributed by atoms with van der Waals surface area (Å²) in [5, 5.41) is 0. The van der Waals surface area contributed by atoms with Crippen LogP contribution in [0.3, 0.4) is 0 Å². The molecule has 3 atom stereocenters. The first-order valence-electron chi connectivity index (χ1n) is 16.2. The van der Waals surface area contributed by atoms with Crippen molar-refractivity contribution in [1.29, 1.82) is 0 Å². The molecule has 3 unspecified atom stereocenters. The molecule has 2 aromatic carbocycles. The molecule has 5 nitrogen and oxygen atoms in total. The fraction of sp³-hybridized carbons (Fsp3) is 0.588. The van der Waals surface area contributed by atoms with Gasteiger partial charge in [-0.2, -0.15) is 57.1 Å². The van der Waals surface area contributed by atoms with Gasteiger partial charge in [-0.3, -0.25) is 9.59 Å². The van der Waals surface area contributed by atoms with Gasteiger partial charge in [0.1, 0.15) is 11.7 Å². The van der Waals surface area contributed by atoms with Crippen molar-refractivity contribution in [2.24, 2.45) is 17.8 Å². The average molecular weight is 847 g/mol. The molecule has 0 fully saturated rings. The highest BCUT2D eigenvalue weighted by atomic mass is 20.0. The van der Waals surface area contributed by atoms with E-state index in [2.05, 4.69) is 4.74 Å².